The van der Waals surface area contributed by atoms with Crippen LogP contribution in [0, 0.1) is 0 Å². The van der Waals surface area contributed by atoms with Crippen LogP contribution in [-0.2, 0) is 0 Å². The van der Waals surface area contributed by atoms with E-state index >= 15 is 0 Å². The molecule has 1 atom stereocenters. The summed E-state index contributed by atoms with van der Waals surface area (Å²) in [6.07, 6.45) is -0.720. The maximum atomic E-state index is 9.77. The molecular formula is C12H19NO3. The summed E-state index contributed by atoms with van der Waals surface area (Å²) in [5.41, 5.74) is 6.12. The zero-order valence-electron chi connectivity index (χ0n) is 9.77. The van der Waals surface area contributed by atoms with E-state index in [1.165, 1.54) is 0 Å². The normalized spacial score (nSPS) is 12.2. The first-order valence-electron chi connectivity index (χ1n) is 5.51. The van der Waals surface area contributed by atoms with E-state index in [4.69, 9.17) is 15.2 Å². The van der Waals surface area contributed by atoms with Crippen molar-refractivity contribution in [1.29, 1.82) is 0 Å². The van der Waals surface area contributed by atoms with E-state index in [-0.39, 0.29) is 6.54 Å². The Morgan fingerprint density at radius 1 is 1.25 bits per heavy atom. The molecule has 4 nitrogen and oxygen atoms in total. The highest BCUT2D eigenvalue weighted by Crippen LogP contribution is 2.34. The van der Waals surface area contributed by atoms with Gasteiger partial charge in [-0.2, -0.15) is 0 Å². The van der Waals surface area contributed by atoms with Crippen LogP contribution in [0.15, 0.2) is 18.2 Å². The predicted molar refractivity (Wildman–Crippen MR) is 62.8 cm³/mol. The van der Waals surface area contributed by atoms with E-state index in [0.29, 0.717) is 30.3 Å². The molecule has 0 bridgehead atoms. The van der Waals surface area contributed by atoms with Crippen molar-refractivity contribution in [3.63, 3.8) is 0 Å². The molecule has 0 saturated heterocycles. The van der Waals surface area contributed by atoms with Crippen LogP contribution in [-0.4, -0.2) is 24.9 Å². The molecule has 0 aliphatic rings. The molecule has 4 heteroatoms. The molecule has 3 N–H and O–H groups in total. The third-order valence-electron chi connectivity index (χ3n) is 2.18. The van der Waals surface area contributed by atoms with Gasteiger partial charge in [-0.1, -0.05) is 12.1 Å². The first-order chi connectivity index (χ1) is 7.74. The Morgan fingerprint density at radius 2 is 1.94 bits per heavy atom. The largest absolute Gasteiger partial charge is 0.490 e. The first-order valence-corrected chi connectivity index (χ1v) is 5.51. The second-order valence-corrected chi connectivity index (χ2v) is 3.29. The van der Waals surface area contributed by atoms with Crippen molar-refractivity contribution in [2.24, 2.45) is 5.73 Å². The van der Waals surface area contributed by atoms with Crippen molar-refractivity contribution in [2.75, 3.05) is 19.8 Å². The van der Waals surface area contributed by atoms with Gasteiger partial charge in [0.1, 0.15) is 0 Å². The van der Waals surface area contributed by atoms with Gasteiger partial charge in [-0.15, -0.1) is 0 Å². The Kier molecular flexibility index (Phi) is 5.08. The van der Waals surface area contributed by atoms with Crippen LogP contribution in [0.1, 0.15) is 25.5 Å². The Morgan fingerprint density at radius 3 is 2.50 bits per heavy atom. The zero-order valence-corrected chi connectivity index (χ0v) is 9.77. The maximum absolute atomic E-state index is 9.77. The van der Waals surface area contributed by atoms with Gasteiger partial charge in [0.15, 0.2) is 11.5 Å². The summed E-state index contributed by atoms with van der Waals surface area (Å²) in [7, 11) is 0. The number of benzene rings is 1. The second-order valence-electron chi connectivity index (χ2n) is 3.29. The van der Waals surface area contributed by atoms with Crippen molar-refractivity contribution >= 4 is 0 Å². The van der Waals surface area contributed by atoms with Gasteiger partial charge >= 0.3 is 0 Å². The van der Waals surface area contributed by atoms with E-state index < -0.39 is 6.10 Å². The van der Waals surface area contributed by atoms with Gasteiger partial charge in [0, 0.05) is 12.1 Å². The van der Waals surface area contributed by atoms with Gasteiger partial charge < -0.3 is 20.3 Å². The molecule has 90 valence electrons. The Bertz CT molecular complexity index is 328. The third-order valence-corrected chi connectivity index (χ3v) is 2.18. The number of hydrogen-bond acceptors (Lipinski definition) is 4. The Labute approximate surface area is 96.0 Å². The van der Waals surface area contributed by atoms with E-state index in [2.05, 4.69) is 0 Å². The van der Waals surface area contributed by atoms with Gasteiger partial charge in [-0.3, -0.25) is 0 Å². The Hall–Kier alpha value is -1.26. The molecule has 0 heterocycles. The minimum absolute atomic E-state index is 0.162. The standard InChI is InChI=1S/C12H19NO3/c1-3-15-11-7-5-6-9(10(14)8-13)12(11)16-4-2/h5-7,10,14H,3-4,8,13H2,1-2H3/t10-/m0/s1. The van der Waals surface area contributed by atoms with Gasteiger partial charge in [0.2, 0.25) is 0 Å². The Balaban J connectivity index is 3.09. The van der Waals surface area contributed by atoms with Crippen LogP contribution in [0.3, 0.4) is 0 Å². The summed E-state index contributed by atoms with van der Waals surface area (Å²) in [6, 6.07) is 5.44. The third kappa shape index (κ3) is 2.87. The molecule has 0 unspecified atom stereocenters. The number of hydrogen-bond donors (Lipinski definition) is 2. The monoisotopic (exact) mass is 225 g/mol. The van der Waals surface area contributed by atoms with Crippen LogP contribution in [0.4, 0.5) is 0 Å². The minimum atomic E-state index is -0.720. The summed E-state index contributed by atoms with van der Waals surface area (Å²) in [5.74, 6) is 1.24. The van der Waals surface area contributed by atoms with Crippen molar-refractivity contribution < 1.29 is 14.6 Å². The fourth-order valence-corrected chi connectivity index (χ4v) is 1.49. The molecule has 0 radical (unpaired) electrons. The van der Waals surface area contributed by atoms with Gasteiger partial charge in [0.05, 0.1) is 19.3 Å². The lowest BCUT2D eigenvalue weighted by Gasteiger charge is -2.17. The quantitative estimate of drug-likeness (QED) is 0.769. The van der Waals surface area contributed by atoms with Crippen LogP contribution >= 0.6 is 0 Å². The van der Waals surface area contributed by atoms with Gasteiger partial charge in [0.25, 0.3) is 0 Å². The lowest BCUT2D eigenvalue weighted by molar-refractivity contribution is 0.178. The van der Waals surface area contributed by atoms with Gasteiger partial charge in [-0.25, -0.2) is 0 Å². The predicted octanol–water partition coefficient (Wildman–Crippen LogP) is 1.48. The summed E-state index contributed by atoms with van der Waals surface area (Å²) in [4.78, 5) is 0. The molecule has 0 aromatic heterocycles. The lowest BCUT2D eigenvalue weighted by atomic mass is 10.1. The number of aliphatic hydroxyl groups excluding tert-OH is 1. The zero-order chi connectivity index (χ0) is 12.0. The van der Waals surface area contributed by atoms with E-state index in [1.54, 1.807) is 6.07 Å². The second kappa shape index (κ2) is 6.35. The first kappa shape index (κ1) is 12.8. The lowest BCUT2D eigenvalue weighted by Crippen LogP contribution is -2.13. The SMILES string of the molecule is CCOc1cccc([C@@H](O)CN)c1OCC. The maximum Gasteiger partial charge on any atom is 0.166 e. The summed E-state index contributed by atoms with van der Waals surface area (Å²) < 4.78 is 11.0. The molecule has 16 heavy (non-hydrogen) atoms. The fourth-order valence-electron chi connectivity index (χ4n) is 1.49. The highest BCUT2D eigenvalue weighted by atomic mass is 16.5. The van der Waals surface area contributed by atoms with E-state index in [1.807, 2.05) is 26.0 Å². The van der Waals surface area contributed by atoms with E-state index in [9.17, 15) is 5.11 Å². The molecule has 0 aliphatic carbocycles. The highest BCUT2D eigenvalue weighted by Gasteiger charge is 2.16. The molecule has 1 rings (SSSR count). The van der Waals surface area contributed by atoms with Crippen molar-refractivity contribution in [2.45, 2.75) is 20.0 Å². The molecule has 0 aliphatic heterocycles. The molecule has 0 fully saturated rings. The molecule has 0 spiro atoms. The number of ether oxygens (including phenoxy) is 2. The van der Waals surface area contributed by atoms with Crippen LogP contribution in [0.5, 0.6) is 11.5 Å². The number of para-hydroxylation sites is 1. The summed E-state index contributed by atoms with van der Waals surface area (Å²) in [5, 5.41) is 9.77. The molecule has 1 aromatic carbocycles. The van der Waals surface area contributed by atoms with Crippen LogP contribution in [0.2, 0.25) is 0 Å². The minimum Gasteiger partial charge on any atom is -0.490 e. The summed E-state index contributed by atoms with van der Waals surface area (Å²) >= 11 is 0. The van der Waals surface area contributed by atoms with Crippen molar-refractivity contribution in [1.82, 2.24) is 0 Å². The molecular weight excluding hydrogens is 206 g/mol. The molecule has 0 amide bonds. The average molecular weight is 225 g/mol. The molecule has 0 saturated carbocycles. The van der Waals surface area contributed by atoms with Crippen molar-refractivity contribution in [3.8, 4) is 11.5 Å². The fraction of sp³-hybridized carbons (Fsp3) is 0.500. The molecule has 1 aromatic rings. The average Bonchev–Trinajstić information content (AvgIpc) is 2.31. The van der Waals surface area contributed by atoms with Crippen molar-refractivity contribution in [3.05, 3.63) is 23.8 Å². The van der Waals surface area contributed by atoms with E-state index in [0.717, 1.165) is 0 Å². The number of aliphatic hydroxyl groups is 1. The number of nitrogens with two attached hydrogens (primary N) is 1. The number of rotatable bonds is 6. The highest BCUT2D eigenvalue weighted by molar-refractivity contribution is 5.47. The van der Waals surface area contributed by atoms with Crippen LogP contribution < -0.4 is 15.2 Å². The summed E-state index contributed by atoms with van der Waals surface area (Å²) in [6.45, 7) is 5.04. The van der Waals surface area contributed by atoms with Crippen LogP contribution in [0.25, 0.3) is 0 Å². The van der Waals surface area contributed by atoms with Gasteiger partial charge in [-0.05, 0) is 19.9 Å². The topological polar surface area (TPSA) is 64.7 Å². The smallest absolute Gasteiger partial charge is 0.166 e.